The van der Waals surface area contributed by atoms with Crippen molar-refractivity contribution in [3.8, 4) is 0 Å². The van der Waals surface area contributed by atoms with Crippen molar-refractivity contribution < 1.29 is 13.2 Å². The Labute approximate surface area is 175 Å². The van der Waals surface area contributed by atoms with E-state index in [2.05, 4.69) is 11.4 Å². The van der Waals surface area contributed by atoms with Crippen LogP contribution in [0.1, 0.15) is 36.6 Å². The van der Waals surface area contributed by atoms with E-state index in [1.54, 1.807) is 23.5 Å². The Bertz CT molecular complexity index is 921. The van der Waals surface area contributed by atoms with E-state index in [-0.39, 0.29) is 22.8 Å². The third-order valence-corrected chi connectivity index (χ3v) is 8.80. The van der Waals surface area contributed by atoms with Gasteiger partial charge < -0.3 is 4.90 Å². The molecule has 4 rings (SSSR count). The van der Waals surface area contributed by atoms with E-state index in [9.17, 15) is 13.2 Å². The van der Waals surface area contributed by atoms with Crippen molar-refractivity contribution in [1.82, 2.24) is 9.21 Å². The van der Waals surface area contributed by atoms with Gasteiger partial charge in [0.2, 0.25) is 15.9 Å². The molecule has 0 saturated carbocycles. The smallest absolute Gasteiger partial charge is 0.243 e. The molecular weight excluding hydrogens is 416 g/mol. The van der Waals surface area contributed by atoms with Gasteiger partial charge in [0.05, 0.1) is 10.9 Å². The Hall–Kier alpha value is -1.41. The Balaban J connectivity index is 1.41. The fourth-order valence-corrected chi connectivity index (χ4v) is 6.61. The number of halogens is 1. The van der Waals surface area contributed by atoms with Gasteiger partial charge in [-0.25, -0.2) is 8.42 Å². The highest BCUT2D eigenvalue weighted by Gasteiger charge is 2.37. The van der Waals surface area contributed by atoms with Crippen LogP contribution in [0.25, 0.3) is 0 Å². The van der Waals surface area contributed by atoms with Crippen LogP contribution in [-0.4, -0.2) is 43.2 Å². The highest BCUT2D eigenvalue weighted by Crippen LogP contribution is 2.37. The molecule has 0 spiro atoms. The predicted molar refractivity (Wildman–Crippen MR) is 111 cm³/mol. The third kappa shape index (κ3) is 3.85. The van der Waals surface area contributed by atoms with Gasteiger partial charge >= 0.3 is 0 Å². The third-order valence-electron chi connectivity index (χ3n) is 5.66. The molecule has 3 heterocycles. The average molecular weight is 439 g/mol. The Morgan fingerprint density at radius 2 is 1.75 bits per heavy atom. The zero-order chi connectivity index (χ0) is 19.7. The summed E-state index contributed by atoms with van der Waals surface area (Å²) in [4.78, 5) is 16.6. The maximum atomic E-state index is 13.1. The average Bonchev–Trinajstić information content (AvgIpc) is 3.39. The first kappa shape index (κ1) is 19.9. The van der Waals surface area contributed by atoms with Gasteiger partial charge in [0.25, 0.3) is 0 Å². The fraction of sp³-hybridized carbons (Fsp3) is 0.450. The second-order valence-electron chi connectivity index (χ2n) is 7.34. The molecule has 1 unspecified atom stereocenters. The molecule has 0 radical (unpaired) electrons. The second kappa shape index (κ2) is 8.14. The molecule has 8 heteroatoms. The van der Waals surface area contributed by atoms with Crippen LogP contribution in [0.3, 0.4) is 0 Å². The minimum atomic E-state index is -3.54. The van der Waals surface area contributed by atoms with Crippen LogP contribution in [0.15, 0.2) is 46.7 Å². The lowest BCUT2D eigenvalue weighted by Crippen LogP contribution is -2.44. The number of benzene rings is 1. The van der Waals surface area contributed by atoms with Crippen molar-refractivity contribution in [2.45, 2.75) is 36.6 Å². The monoisotopic (exact) mass is 438 g/mol. The molecule has 2 fully saturated rings. The van der Waals surface area contributed by atoms with Crippen molar-refractivity contribution in [1.29, 1.82) is 0 Å². The van der Waals surface area contributed by atoms with Gasteiger partial charge in [-0.3, -0.25) is 4.79 Å². The Morgan fingerprint density at radius 1 is 1.04 bits per heavy atom. The van der Waals surface area contributed by atoms with Crippen LogP contribution in [0.4, 0.5) is 0 Å². The summed E-state index contributed by atoms with van der Waals surface area (Å²) in [5.41, 5.74) is 0. The van der Waals surface area contributed by atoms with Crippen molar-refractivity contribution >= 4 is 38.9 Å². The SMILES string of the molecule is O=C(C1CCN(S(=O)(=O)c2ccc(Cl)cc2)CC1)N1CCCC1c1cccs1. The summed E-state index contributed by atoms with van der Waals surface area (Å²) in [6.07, 6.45) is 3.17. The van der Waals surface area contributed by atoms with Gasteiger partial charge in [-0.1, -0.05) is 17.7 Å². The normalized spacial score (nSPS) is 21.9. The van der Waals surface area contributed by atoms with Crippen LogP contribution < -0.4 is 0 Å². The Morgan fingerprint density at radius 3 is 2.39 bits per heavy atom. The van der Waals surface area contributed by atoms with Crippen molar-refractivity contribution in [3.63, 3.8) is 0 Å². The first-order valence-electron chi connectivity index (χ1n) is 9.56. The largest absolute Gasteiger partial charge is 0.335 e. The molecule has 2 aromatic rings. The molecule has 150 valence electrons. The summed E-state index contributed by atoms with van der Waals surface area (Å²) < 4.78 is 27.1. The number of nitrogens with zero attached hydrogens (tertiary/aromatic N) is 2. The number of hydrogen-bond acceptors (Lipinski definition) is 4. The van der Waals surface area contributed by atoms with E-state index < -0.39 is 10.0 Å². The van der Waals surface area contributed by atoms with Crippen molar-refractivity contribution in [2.75, 3.05) is 19.6 Å². The summed E-state index contributed by atoms with van der Waals surface area (Å²) in [6.45, 7) is 1.54. The minimum Gasteiger partial charge on any atom is -0.335 e. The van der Waals surface area contributed by atoms with Gasteiger partial charge in [-0.2, -0.15) is 4.31 Å². The highest BCUT2D eigenvalue weighted by atomic mass is 35.5. The van der Waals surface area contributed by atoms with Gasteiger partial charge in [0.1, 0.15) is 0 Å². The number of thiophene rings is 1. The standard InChI is InChI=1S/C20H23ClN2O3S2/c21-16-5-7-17(8-6-16)28(25,26)22-12-9-15(10-13-22)20(24)23-11-1-3-18(23)19-4-2-14-27-19/h2,4-8,14-15,18H,1,3,9-13H2. The van der Waals surface area contributed by atoms with E-state index in [1.165, 1.54) is 21.3 Å². The first-order chi connectivity index (χ1) is 13.5. The number of hydrogen-bond donors (Lipinski definition) is 0. The van der Waals surface area contributed by atoms with E-state index >= 15 is 0 Å². The lowest BCUT2D eigenvalue weighted by Gasteiger charge is -2.34. The number of amides is 1. The number of rotatable bonds is 4. The highest BCUT2D eigenvalue weighted by molar-refractivity contribution is 7.89. The maximum absolute atomic E-state index is 13.1. The molecule has 1 atom stereocenters. The number of carbonyl (C=O) groups is 1. The quantitative estimate of drug-likeness (QED) is 0.719. The van der Waals surface area contributed by atoms with Crippen molar-refractivity contribution in [3.05, 3.63) is 51.7 Å². The molecule has 2 saturated heterocycles. The Kier molecular flexibility index (Phi) is 5.78. The number of sulfonamides is 1. The van der Waals surface area contributed by atoms with Crippen LogP contribution in [-0.2, 0) is 14.8 Å². The topological polar surface area (TPSA) is 57.7 Å². The molecule has 0 bridgehead atoms. The summed E-state index contributed by atoms with van der Waals surface area (Å²) >= 11 is 7.56. The molecule has 2 aliphatic rings. The molecule has 1 amide bonds. The number of piperidine rings is 1. The predicted octanol–water partition coefficient (Wildman–Crippen LogP) is 4.17. The molecule has 5 nitrogen and oxygen atoms in total. The zero-order valence-corrected chi connectivity index (χ0v) is 17.8. The van der Waals surface area contributed by atoms with E-state index in [4.69, 9.17) is 11.6 Å². The van der Waals surface area contributed by atoms with Crippen LogP contribution in [0.5, 0.6) is 0 Å². The van der Waals surface area contributed by atoms with Crippen LogP contribution in [0.2, 0.25) is 5.02 Å². The molecule has 1 aromatic heterocycles. The summed E-state index contributed by atoms with van der Waals surface area (Å²) in [5, 5.41) is 2.56. The molecule has 0 aliphatic carbocycles. The molecule has 0 N–H and O–H groups in total. The van der Waals surface area contributed by atoms with Crippen LogP contribution in [0, 0.1) is 5.92 Å². The van der Waals surface area contributed by atoms with E-state index in [0.29, 0.717) is 31.0 Å². The second-order valence-corrected chi connectivity index (χ2v) is 10.7. The summed E-state index contributed by atoms with van der Waals surface area (Å²) in [5.74, 6) is 0.0803. The molecule has 1 aromatic carbocycles. The molecule has 2 aliphatic heterocycles. The first-order valence-corrected chi connectivity index (χ1v) is 12.3. The lowest BCUT2D eigenvalue weighted by atomic mass is 9.96. The lowest BCUT2D eigenvalue weighted by molar-refractivity contribution is -0.137. The van der Waals surface area contributed by atoms with E-state index in [0.717, 1.165) is 19.4 Å². The zero-order valence-electron chi connectivity index (χ0n) is 15.5. The number of carbonyl (C=O) groups excluding carboxylic acids is 1. The van der Waals surface area contributed by atoms with Crippen molar-refractivity contribution in [2.24, 2.45) is 5.92 Å². The fourth-order valence-electron chi connectivity index (χ4n) is 4.14. The maximum Gasteiger partial charge on any atom is 0.243 e. The summed E-state index contributed by atoms with van der Waals surface area (Å²) in [6, 6.07) is 10.5. The van der Waals surface area contributed by atoms with Gasteiger partial charge in [0, 0.05) is 35.5 Å². The number of likely N-dealkylation sites (tertiary alicyclic amines) is 1. The molecule has 28 heavy (non-hydrogen) atoms. The molecular formula is C20H23ClN2O3S2. The van der Waals surface area contributed by atoms with Crippen LogP contribution >= 0.6 is 22.9 Å². The minimum absolute atomic E-state index is 0.0998. The summed E-state index contributed by atoms with van der Waals surface area (Å²) in [7, 11) is -3.54. The van der Waals surface area contributed by atoms with Gasteiger partial charge in [0.15, 0.2) is 0 Å². The van der Waals surface area contributed by atoms with Gasteiger partial charge in [-0.15, -0.1) is 11.3 Å². The van der Waals surface area contributed by atoms with E-state index in [1.807, 2.05) is 11.0 Å². The van der Waals surface area contributed by atoms with Gasteiger partial charge in [-0.05, 0) is 61.4 Å².